The maximum absolute atomic E-state index is 12.2. The van der Waals surface area contributed by atoms with Crippen LogP contribution in [0, 0.1) is 12.8 Å². The molecule has 2 rings (SSSR count). The van der Waals surface area contributed by atoms with Crippen LogP contribution in [0.25, 0.3) is 0 Å². The molecule has 4 heteroatoms. The molecule has 1 amide bonds. The highest BCUT2D eigenvalue weighted by Crippen LogP contribution is 2.20. The lowest BCUT2D eigenvalue weighted by Crippen LogP contribution is -2.40. The highest BCUT2D eigenvalue weighted by atomic mass is 16.5. The Hall–Kier alpha value is -1.39. The van der Waals surface area contributed by atoms with Gasteiger partial charge in [0.1, 0.15) is 0 Å². The van der Waals surface area contributed by atoms with Crippen LogP contribution in [0.3, 0.4) is 0 Å². The number of benzene rings is 1. The average Bonchev–Trinajstić information content (AvgIpc) is 2.57. The lowest BCUT2D eigenvalue weighted by Gasteiger charge is -2.31. The van der Waals surface area contributed by atoms with Crippen LogP contribution >= 0.6 is 0 Å². The van der Waals surface area contributed by atoms with Gasteiger partial charge in [0, 0.05) is 32.2 Å². The number of likely N-dealkylation sites (tertiary alicyclic amines) is 1. The van der Waals surface area contributed by atoms with E-state index in [0.717, 1.165) is 58.7 Å². The quantitative estimate of drug-likeness (QED) is 0.749. The fourth-order valence-electron chi connectivity index (χ4n) is 3.06. The largest absolute Gasteiger partial charge is 0.382 e. The van der Waals surface area contributed by atoms with Gasteiger partial charge in [-0.1, -0.05) is 24.3 Å². The molecule has 1 aliphatic rings. The number of carbonyl (C=O) groups is 1. The number of carbonyl (C=O) groups excluding carboxylic acids is 1. The molecule has 0 unspecified atom stereocenters. The number of aryl methyl sites for hydroxylation is 1. The van der Waals surface area contributed by atoms with Crippen molar-refractivity contribution in [2.75, 3.05) is 32.8 Å². The maximum Gasteiger partial charge on any atom is 0.223 e. The standard InChI is InChI=1S/C19H30N2O2/c1-3-23-14-6-11-20-19(22)17-9-12-21(13-10-17)15-18-8-5-4-7-16(18)2/h4-5,7-8,17H,3,6,9-15H2,1-2H3,(H,20,22). The summed E-state index contributed by atoms with van der Waals surface area (Å²) in [6.45, 7) is 9.36. The summed E-state index contributed by atoms with van der Waals surface area (Å²) in [6, 6.07) is 8.55. The molecule has 0 atom stereocenters. The Morgan fingerprint density at radius 3 is 2.74 bits per heavy atom. The summed E-state index contributed by atoms with van der Waals surface area (Å²) in [7, 11) is 0. The van der Waals surface area contributed by atoms with Crippen LogP contribution in [0.2, 0.25) is 0 Å². The van der Waals surface area contributed by atoms with Crippen LogP contribution in [-0.2, 0) is 16.1 Å². The highest BCUT2D eigenvalue weighted by Gasteiger charge is 2.24. The smallest absolute Gasteiger partial charge is 0.223 e. The first-order valence-corrected chi connectivity index (χ1v) is 8.83. The van der Waals surface area contributed by atoms with Crippen molar-refractivity contribution in [3.05, 3.63) is 35.4 Å². The zero-order valence-electron chi connectivity index (χ0n) is 14.5. The zero-order chi connectivity index (χ0) is 16.5. The highest BCUT2D eigenvalue weighted by molar-refractivity contribution is 5.78. The molecule has 1 aromatic carbocycles. The number of hydrogen-bond donors (Lipinski definition) is 1. The van der Waals surface area contributed by atoms with Gasteiger partial charge in [0.05, 0.1) is 0 Å². The van der Waals surface area contributed by atoms with Gasteiger partial charge in [-0.15, -0.1) is 0 Å². The number of piperidine rings is 1. The summed E-state index contributed by atoms with van der Waals surface area (Å²) in [5.41, 5.74) is 2.74. The van der Waals surface area contributed by atoms with Crippen LogP contribution < -0.4 is 5.32 Å². The van der Waals surface area contributed by atoms with E-state index >= 15 is 0 Å². The SMILES string of the molecule is CCOCCCNC(=O)C1CCN(Cc2ccccc2C)CC1. The summed E-state index contributed by atoms with van der Waals surface area (Å²) in [5.74, 6) is 0.396. The number of nitrogens with one attached hydrogen (secondary N) is 1. The van der Waals surface area contributed by atoms with Gasteiger partial charge in [-0.2, -0.15) is 0 Å². The normalized spacial score (nSPS) is 16.4. The van der Waals surface area contributed by atoms with Crippen molar-refractivity contribution in [3.8, 4) is 0 Å². The second kappa shape index (κ2) is 9.68. The number of rotatable bonds is 8. The van der Waals surface area contributed by atoms with Crippen LogP contribution in [0.1, 0.15) is 37.3 Å². The van der Waals surface area contributed by atoms with Crippen molar-refractivity contribution < 1.29 is 9.53 Å². The van der Waals surface area contributed by atoms with E-state index in [9.17, 15) is 4.79 Å². The van der Waals surface area contributed by atoms with Crippen LogP contribution in [-0.4, -0.2) is 43.7 Å². The Balaban J connectivity index is 1.67. The summed E-state index contributed by atoms with van der Waals surface area (Å²) < 4.78 is 5.28. The molecule has 1 fully saturated rings. The monoisotopic (exact) mass is 318 g/mol. The fourth-order valence-corrected chi connectivity index (χ4v) is 3.06. The first-order chi connectivity index (χ1) is 11.2. The van der Waals surface area contributed by atoms with Gasteiger partial charge in [0.2, 0.25) is 5.91 Å². The van der Waals surface area contributed by atoms with E-state index in [1.54, 1.807) is 0 Å². The van der Waals surface area contributed by atoms with Crippen molar-refractivity contribution in [2.45, 2.75) is 39.7 Å². The minimum absolute atomic E-state index is 0.176. The molecule has 0 radical (unpaired) electrons. The summed E-state index contributed by atoms with van der Waals surface area (Å²) >= 11 is 0. The Kier molecular flexibility index (Phi) is 7.56. The van der Waals surface area contributed by atoms with Crippen LogP contribution in [0.5, 0.6) is 0 Å². The van der Waals surface area contributed by atoms with Gasteiger partial charge in [-0.05, 0) is 57.3 Å². The molecule has 0 aliphatic carbocycles. The molecule has 0 spiro atoms. The molecule has 0 bridgehead atoms. The van der Waals surface area contributed by atoms with Crippen molar-refractivity contribution in [2.24, 2.45) is 5.92 Å². The van der Waals surface area contributed by atoms with Gasteiger partial charge in [0.25, 0.3) is 0 Å². The van der Waals surface area contributed by atoms with E-state index < -0.39 is 0 Å². The molecular formula is C19H30N2O2. The summed E-state index contributed by atoms with van der Waals surface area (Å²) in [5, 5.41) is 3.05. The lowest BCUT2D eigenvalue weighted by molar-refractivity contribution is -0.126. The number of hydrogen-bond acceptors (Lipinski definition) is 3. The minimum Gasteiger partial charge on any atom is -0.382 e. The fraction of sp³-hybridized carbons (Fsp3) is 0.632. The second-order valence-electron chi connectivity index (χ2n) is 6.32. The molecule has 128 valence electrons. The lowest BCUT2D eigenvalue weighted by atomic mass is 9.95. The molecule has 1 heterocycles. The van der Waals surface area contributed by atoms with E-state index in [1.165, 1.54) is 11.1 Å². The molecule has 1 N–H and O–H groups in total. The van der Waals surface area contributed by atoms with E-state index in [0.29, 0.717) is 0 Å². The van der Waals surface area contributed by atoms with Crippen LogP contribution in [0.4, 0.5) is 0 Å². The third-order valence-electron chi connectivity index (χ3n) is 4.58. The van der Waals surface area contributed by atoms with E-state index in [-0.39, 0.29) is 11.8 Å². The Morgan fingerprint density at radius 1 is 1.30 bits per heavy atom. The topological polar surface area (TPSA) is 41.6 Å². The van der Waals surface area contributed by atoms with E-state index in [2.05, 4.69) is 41.4 Å². The molecule has 4 nitrogen and oxygen atoms in total. The first-order valence-electron chi connectivity index (χ1n) is 8.83. The average molecular weight is 318 g/mol. The summed E-state index contributed by atoms with van der Waals surface area (Å²) in [4.78, 5) is 14.6. The number of amides is 1. The van der Waals surface area contributed by atoms with Crippen LogP contribution in [0.15, 0.2) is 24.3 Å². The molecule has 0 saturated carbocycles. The van der Waals surface area contributed by atoms with E-state index in [1.807, 2.05) is 6.92 Å². The van der Waals surface area contributed by atoms with Crippen molar-refractivity contribution >= 4 is 5.91 Å². The minimum atomic E-state index is 0.176. The number of ether oxygens (including phenoxy) is 1. The molecule has 0 aromatic heterocycles. The van der Waals surface area contributed by atoms with Gasteiger partial charge < -0.3 is 10.1 Å². The Labute approximate surface area is 140 Å². The van der Waals surface area contributed by atoms with Gasteiger partial charge in [0.15, 0.2) is 0 Å². The predicted octanol–water partition coefficient (Wildman–Crippen LogP) is 2.75. The van der Waals surface area contributed by atoms with Gasteiger partial charge >= 0.3 is 0 Å². The molecule has 1 aromatic rings. The van der Waals surface area contributed by atoms with Crippen molar-refractivity contribution in [1.29, 1.82) is 0 Å². The molecule has 1 saturated heterocycles. The maximum atomic E-state index is 12.2. The molecular weight excluding hydrogens is 288 g/mol. The van der Waals surface area contributed by atoms with Crippen molar-refractivity contribution in [1.82, 2.24) is 10.2 Å². The van der Waals surface area contributed by atoms with Crippen molar-refractivity contribution in [3.63, 3.8) is 0 Å². The predicted molar refractivity (Wildman–Crippen MR) is 93.3 cm³/mol. The Bertz CT molecular complexity index is 482. The second-order valence-corrected chi connectivity index (χ2v) is 6.32. The zero-order valence-corrected chi connectivity index (χ0v) is 14.5. The Morgan fingerprint density at radius 2 is 2.04 bits per heavy atom. The molecule has 23 heavy (non-hydrogen) atoms. The van der Waals surface area contributed by atoms with Gasteiger partial charge in [-0.3, -0.25) is 9.69 Å². The third-order valence-corrected chi connectivity index (χ3v) is 4.58. The van der Waals surface area contributed by atoms with Gasteiger partial charge in [-0.25, -0.2) is 0 Å². The van der Waals surface area contributed by atoms with E-state index in [4.69, 9.17) is 4.74 Å². The number of nitrogens with zero attached hydrogens (tertiary/aromatic N) is 1. The molecule has 1 aliphatic heterocycles. The third kappa shape index (κ3) is 5.96. The summed E-state index contributed by atoms with van der Waals surface area (Å²) in [6.07, 6.45) is 2.82. The first kappa shape index (κ1) is 18.0.